The Morgan fingerprint density at radius 3 is 2.73 bits per heavy atom. The zero-order valence-electron chi connectivity index (χ0n) is 16.9. The molecule has 2 aromatic carbocycles. The van der Waals surface area contributed by atoms with Crippen molar-refractivity contribution < 1.29 is 9.53 Å². The second-order valence-electron chi connectivity index (χ2n) is 6.90. The lowest BCUT2D eigenvalue weighted by Gasteiger charge is -2.10. The Hall–Kier alpha value is -3.67. The van der Waals surface area contributed by atoms with E-state index in [1.807, 2.05) is 72.3 Å². The second kappa shape index (κ2) is 9.22. The van der Waals surface area contributed by atoms with Crippen LogP contribution in [0.2, 0.25) is 0 Å². The normalized spacial score (nSPS) is 10.8. The number of hydrogen-bond acceptors (Lipinski definition) is 4. The summed E-state index contributed by atoms with van der Waals surface area (Å²) in [6, 6.07) is 19.6. The number of aromatic nitrogens is 3. The van der Waals surface area contributed by atoms with Crippen LogP contribution < -0.4 is 10.1 Å². The molecule has 0 saturated heterocycles. The summed E-state index contributed by atoms with van der Waals surface area (Å²) in [7, 11) is 0. The Balaban J connectivity index is 1.33. The molecule has 6 heteroatoms. The zero-order chi connectivity index (χ0) is 20.8. The maximum absolute atomic E-state index is 12.7. The molecule has 0 aliphatic carbocycles. The predicted molar refractivity (Wildman–Crippen MR) is 117 cm³/mol. The highest BCUT2D eigenvalue weighted by atomic mass is 16.5. The molecule has 0 spiro atoms. The minimum atomic E-state index is -0.110. The topological polar surface area (TPSA) is 69.0 Å². The number of pyridine rings is 1. The van der Waals surface area contributed by atoms with E-state index in [4.69, 9.17) is 4.74 Å². The first kappa shape index (κ1) is 19.6. The van der Waals surface area contributed by atoms with Gasteiger partial charge in [0, 0.05) is 18.1 Å². The molecule has 6 nitrogen and oxygen atoms in total. The molecule has 1 N–H and O–H groups in total. The average Bonchev–Trinajstić information content (AvgIpc) is 3.24. The Labute approximate surface area is 175 Å². The molecule has 2 heterocycles. The lowest BCUT2D eigenvalue weighted by molar-refractivity contribution is 0.0950. The first-order valence-corrected chi connectivity index (χ1v) is 10.1. The van der Waals surface area contributed by atoms with Crippen molar-refractivity contribution in [2.24, 2.45) is 0 Å². The molecular formula is C24H24N4O2. The van der Waals surface area contributed by atoms with Crippen LogP contribution in [0.3, 0.4) is 0 Å². The number of rotatable bonds is 8. The van der Waals surface area contributed by atoms with Crippen LogP contribution >= 0.6 is 0 Å². The largest absolute Gasteiger partial charge is 0.491 e. The van der Waals surface area contributed by atoms with Crippen LogP contribution in [0.1, 0.15) is 29.4 Å². The van der Waals surface area contributed by atoms with E-state index >= 15 is 0 Å². The zero-order valence-corrected chi connectivity index (χ0v) is 16.9. The van der Waals surface area contributed by atoms with Gasteiger partial charge in [0.2, 0.25) is 0 Å². The summed E-state index contributed by atoms with van der Waals surface area (Å²) >= 11 is 0. The predicted octanol–water partition coefficient (Wildman–Crippen LogP) is 4.18. The molecular weight excluding hydrogens is 376 g/mol. The molecule has 4 aromatic rings. The Morgan fingerprint density at radius 2 is 1.90 bits per heavy atom. The lowest BCUT2D eigenvalue weighted by Crippen LogP contribution is -2.26. The van der Waals surface area contributed by atoms with Crippen molar-refractivity contribution in [3.8, 4) is 11.4 Å². The number of benzene rings is 2. The van der Waals surface area contributed by atoms with E-state index in [1.54, 1.807) is 12.4 Å². The van der Waals surface area contributed by atoms with E-state index in [-0.39, 0.29) is 5.91 Å². The Bertz CT molecular complexity index is 1130. The third-order valence-corrected chi connectivity index (χ3v) is 4.91. The molecule has 30 heavy (non-hydrogen) atoms. The minimum absolute atomic E-state index is 0.110. The van der Waals surface area contributed by atoms with Gasteiger partial charge in [0.05, 0.1) is 29.7 Å². The molecule has 0 aliphatic heterocycles. The van der Waals surface area contributed by atoms with Gasteiger partial charge in [0.25, 0.3) is 5.91 Å². The summed E-state index contributed by atoms with van der Waals surface area (Å²) in [5, 5.41) is 8.44. The van der Waals surface area contributed by atoms with Crippen LogP contribution in [0.25, 0.3) is 16.6 Å². The SMILES string of the molecule is CCc1c(C(=O)NCCCOc2cccc3cccnc23)cnn1-c1ccccc1. The number of nitrogens with zero attached hydrogens (tertiary/aromatic N) is 3. The number of nitrogens with one attached hydrogen (secondary N) is 1. The molecule has 4 rings (SSSR count). The number of hydrogen-bond donors (Lipinski definition) is 1. The molecule has 152 valence electrons. The quantitative estimate of drug-likeness (QED) is 0.451. The Kier molecular flexibility index (Phi) is 6.03. The lowest BCUT2D eigenvalue weighted by atomic mass is 10.2. The minimum Gasteiger partial charge on any atom is -0.491 e. The summed E-state index contributed by atoms with van der Waals surface area (Å²) in [6.07, 6.45) is 4.81. The van der Waals surface area contributed by atoms with E-state index < -0.39 is 0 Å². The molecule has 0 radical (unpaired) electrons. The standard InChI is InChI=1S/C24H24N4O2/c1-2-21-20(17-27-28(21)19-11-4-3-5-12-19)24(29)26-15-8-16-30-22-13-6-9-18-10-7-14-25-23(18)22/h3-7,9-14,17H,2,8,15-16H2,1H3,(H,26,29). The summed E-state index contributed by atoms with van der Waals surface area (Å²) in [5.74, 6) is 0.651. The molecule has 0 bridgehead atoms. The van der Waals surface area contributed by atoms with Crippen LogP contribution in [0, 0.1) is 0 Å². The number of amides is 1. The van der Waals surface area contributed by atoms with Crippen molar-refractivity contribution in [2.45, 2.75) is 19.8 Å². The van der Waals surface area contributed by atoms with Gasteiger partial charge in [-0.15, -0.1) is 0 Å². The highest BCUT2D eigenvalue weighted by molar-refractivity contribution is 5.95. The van der Waals surface area contributed by atoms with Crippen LogP contribution in [0.5, 0.6) is 5.75 Å². The summed E-state index contributed by atoms with van der Waals surface area (Å²) in [5.41, 5.74) is 3.31. The van der Waals surface area contributed by atoms with Crippen LogP contribution in [-0.2, 0) is 6.42 Å². The van der Waals surface area contributed by atoms with Gasteiger partial charge >= 0.3 is 0 Å². The highest BCUT2D eigenvalue weighted by Crippen LogP contribution is 2.23. The van der Waals surface area contributed by atoms with E-state index in [2.05, 4.69) is 15.4 Å². The van der Waals surface area contributed by atoms with Gasteiger partial charge in [-0.1, -0.05) is 43.3 Å². The fourth-order valence-electron chi connectivity index (χ4n) is 3.44. The number of fused-ring (bicyclic) bond motifs is 1. The van der Waals surface area contributed by atoms with Crippen LogP contribution in [-0.4, -0.2) is 33.8 Å². The summed E-state index contributed by atoms with van der Waals surface area (Å²) < 4.78 is 7.71. The fraction of sp³-hybridized carbons (Fsp3) is 0.208. The van der Waals surface area contributed by atoms with E-state index in [0.717, 1.165) is 34.5 Å². The fourth-order valence-corrected chi connectivity index (χ4v) is 3.44. The Morgan fingerprint density at radius 1 is 1.07 bits per heavy atom. The third-order valence-electron chi connectivity index (χ3n) is 4.91. The second-order valence-corrected chi connectivity index (χ2v) is 6.90. The first-order chi connectivity index (χ1) is 14.8. The number of para-hydroxylation sites is 2. The van der Waals surface area contributed by atoms with Crippen molar-refractivity contribution in [3.05, 3.63) is 84.3 Å². The van der Waals surface area contributed by atoms with Crippen molar-refractivity contribution in [3.63, 3.8) is 0 Å². The monoisotopic (exact) mass is 400 g/mol. The van der Waals surface area contributed by atoms with Crippen molar-refractivity contribution in [2.75, 3.05) is 13.2 Å². The van der Waals surface area contributed by atoms with Gasteiger partial charge in [-0.2, -0.15) is 5.10 Å². The van der Waals surface area contributed by atoms with Gasteiger partial charge in [0.15, 0.2) is 0 Å². The maximum atomic E-state index is 12.7. The van der Waals surface area contributed by atoms with Gasteiger partial charge in [-0.05, 0) is 37.1 Å². The van der Waals surface area contributed by atoms with Crippen molar-refractivity contribution in [1.29, 1.82) is 0 Å². The molecule has 0 aliphatic rings. The third kappa shape index (κ3) is 4.17. The molecule has 1 amide bonds. The van der Waals surface area contributed by atoms with E-state index in [9.17, 15) is 4.79 Å². The molecule has 2 aromatic heterocycles. The molecule has 0 fully saturated rings. The number of carbonyl (C=O) groups is 1. The smallest absolute Gasteiger partial charge is 0.254 e. The summed E-state index contributed by atoms with van der Waals surface area (Å²) in [6.45, 7) is 3.05. The summed E-state index contributed by atoms with van der Waals surface area (Å²) in [4.78, 5) is 17.1. The van der Waals surface area contributed by atoms with Gasteiger partial charge in [-0.3, -0.25) is 9.78 Å². The van der Waals surface area contributed by atoms with E-state index in [0.29, 0.717) is 25.1 Å². The molecule has 0 saturated carbocycles. The van der Waals surface area contributed by atoms with Crippen molar-refractivity contribution in [1.82, 2.24) is 20.1 Å². The van der Waals surface area contributed by atoms with Gasteiger partial charge in [0.1, 0.15) is 11.3 Å². The average molecular weight is 400 g/mol. The maximum Gasteiger partial charge on any atom is 0.254 e. The van der Waals surface area contributed by atoms with Gasteiger partial charge < -0.3 is 10.1 Å². The highest BCUT2D eigenvalue weighted by Gasteiger charge is 2.16. The van der Waals surface area contributed by atoms with Gasteiger partial charge in [-0.25, -0.2) is 4.68 Å². The molecule has 0 atom stereocenters. The van der Waals surface area contributed by atoms with E-state index in [1.165, 1.54) is 0 Å². The first-order valence-electron chi connectivity index (χ1n) is 10.1. The van der Waals surface area contributed by atoms with Crippen molar-refractivity contribution >= 4 is 16.8 Å². The number of ether oxygens (including phenoxy) is 1. The van der Waals surface area contributed by atoms with Crippen LogP contribution in [0.4, 0.5) is 0 Å². The van der Waals surface area contributed by atoms with Crippen LogP contribution in [0.15, 0.2) is 73.1 Å². The molecule has 0 unspecified atom stereocenters. The number of carbonyl (C=O) groups excluding carboxylic acids is 1.